The minimum Gasteiger partial charge on any atom is -0.299 e. The second-order valence-electron chi connectivity index (χ2n) is 3.48. The molecule has 1 heteroatoms. The van der Waals surface area contributed by atoms with Crippen LogP contribution in [0.5, 0.6) is 0 Å². The summed E-state index contributed by atoms with van der Waals surface area (Å²) in [5.74, 6) is 1.26. The molecule has 0 heterocycles. The lowest BCUT2D eigenvalue weighted by Crippen LogP contribution is -2.18. The molecular weight excluding hydrogens is 136 g/mol. The SMILES string of the molecule is CCCC(=O)C(CC)C(C)C. The molecule has 0 fully saturated rings. The molecule has 1 nitrogen and oxygen atoms in total. The first-order valence-corrected chi connectivity index (χ1v) is 4.66. The van der Waals surface area contributed by atoms with Crippen LogP contribution >= 0.6 is 0 Å². The number of hydrogen-bond acceptors (Lipinski definition) is 1. The van der Waals surface area contributed by atoms with Crippen LogP contribution in [-0.4, -0.2) is 5.78 Å². The van der Waals surface area contributed by atoms with E-state index in [2.05, 4.69) is 27.7 Å². The fourth-order valence-corrected chi connectivity index (χ4v) is 1.50. The zero-order valence-corrected chi connectivity index (χ0v) is 8.18. The van der Waals surface area contributed by atoms with Crippen LogP contribution in [0.15, 0.2) is 0 Å². The van der Waals surface area contributed by atoms with Crippen LogP contribution in [0.3, 0.4) is 0 Å². The van der Waals surface area contributed by atoms with E-state index in [0.29, 0.717) is 17.6 Å². The van der Waals surface area contributed by atoms with Gasteiger partial charge in [0, 0.05) is 12.3 Å². The summed E-state index contributed by atoms with van der Waals surface area (Å²) in [4.78, 5) is 11.4. The number of ketones is 1. The molecule has 0 rings (SSSR count). The topological polar surface area (TPSA) is 17.1 Å². The molecule has 66 valence electrons. The first-order valence-electron chi connectivity index (χ1n) is 4.66. The van der Waals surface area contributed by atoms with E-state index in [9.17, 15) is 4.79 Å². The van der Waals surface area contributed by atoms with Gasteiger partial charge in [-0.25, -0.2) is 0 Å². The molecule has 0 saturated heterocycles. The highest BCUT2D eigenvalue weighted by atomic mass is 16.1. The molecule has 0 aliphatic carbocycles. The van der Waals surface area contributed by atoms with Crippen molar-refractivity contribution in [3.63, 3.8) is 0 Å². The Morgan fingerprint density at radius 3 is 2.09 bits per heavy atom. The maximum absolute atomic E-state index is 11.4. The Labute approximate surface area is 70.2 Å². The summed E-state index contributed by atoms with van der Waals surface area (Å²) < 4.78 is 0. The Bertz CT molecular complexity index is 116. The van der Waals surface area contributed by atoms with Gasteiger partial charge in [0.05, 0.1) is 0 Å². The van der Waals surface area contributed by atoms with Gasteiger partial charge in [0.25, 0.3) is 0 Å². The van der Waals surface area contributed by atoms with Crippen LogP contribution in [0.25, 0.3) is 0 Å². The Morgan fingerprint density at radius 1 is 1.27 bits per heavy atom. The first-order chi connectivity index (χ1) is 5.13. The minimum atomic E-state index is 0.301. The molecule has 0 aromatic carbocycles. The van der Waals surface area contributed by atoms with Gasteiger partial charge < -0.3 is 0 Å². The van der Waals surface area contributed by atoms with Gasteiger partial charge in [-0.3, -0.25) is 4.79 Å². The molecule has 0 aromatic heterocycles. The summed E-state index contributed by atoms with van der Waals surface area (Å²) >= 11 is 0. The van der Waals surface area contributed by atoms with E-state index in [1.807, 2.05) is 0 Å². The molecule has 0 bridgehead atoms. The third-order valence-corrected chi connectivity index (χ3v) is 2.15. The smallest absolute Gasteiger partial charge is 0.136 e. The summed E-state index contributed by atoms with van der Waals surface area (Å²) in [6.45, 7) is 8.41. The lowest BCUT2D eigenvalue weighted by molar-refractivity contribution is -0.124. The van der Waals surface area contributed by atoms with Gasteiger partial charge in [-0.1, -0.05) is 27.7 Å². The predicted octanol–water partition coefficient (Wildman–Crippen LogP) is 3.04. The summed E-state index contributed by atoms with van der Waals surface area (Å²) in [5.41, 5.74) is 0. The second-order valence-corrected chi connectivity index (χ2v) is 3.48. The van der Waals surface area contributed by atoms with Crippen molar-refractivity contribution in [2.45, 2.75) is 47.0 Å². The third kappa shape index (κ3) is 3.54. The van der Waals surface area contributed by atoms with Gasteiger partial charge in [-0.2, -0.15) is 0 Å². The van der Waals surface area contributed by atoms with Gasteiger partial charge in [-0.15, -0.1) is 0 Å². The van der Waals surface area contributed by atoms with Crippen molar-refractivity contribution in [3.8, 4) is 0 Å². The van der Waals surface area contributed by atoms with E-state index in [-0.39, 0.29) is 0 Å². The number of Topliss-reactive ketones (excluding diaryl/α,β-unsaturated/α-hetero) is 1. The first kappa shape index (κ1) is 10.7. The Balaban J connectivity index is 3.92. The number of carbonyl (C=O) groups excluding carboxylic acids is 1. The molecular formula is C10H20O. The minimum absolute atomic E-state index is 0.301. The quantitative estimate of drug-likeness (QED) is 0.598. The van der Waals surface area contributed by atoms with Crippen molar-refractivity contribution in [1.29, 1.82) is 0 Å². The molecule has 0 spiro atoms. The fourth-order valence-electron chi connectivity index (χ4n) is 1.50. The highest BCUT2D eigenvalue weighted by Crippen LogP contribution is 2.17. The molecule has 1 atom stereocenters. The van der Waals surface area contributed by atoms with Gasteiger partial charge in [0.15, 0.2) is 0 Å². The van der Waals surface area contributed by atoms with Crippen LogP contribution in [0.4, 0.5) is 0 Å². The molecule has 11 heavy (non-hydrogen) atoms. The summed E-state index contributed by atoms with van der Waals surface area (Å²) in [7, 11) is 0. The number of hydrogen-bond donors (Lipinski definition) is 0. The van der Waals surface area contributed by atoms with Crippen molar-refractivity contribution in [2.24, 2.45) is 11.8 Å². The molecule has 0 saturated carbocycles. The van der Waals surface area contributed by atoms with E-state index in [1.165, 1.54) is 0 Å². The molecule has 1 unspecified atom stereocenters. The van der Waals surface area contributed by atoms with Gasteiger partial charge in [0.1, 0.15) is 5.78 Å². The van der Waals surface area contributed by atoms with Crippen LogP contribution in [0.1, 0.15) is 47.0 Å². The fraction of sp³-hybridized carbons (Fsp3) is 0.900. The van der Waals surface area contributed by atoms with E-state index in [4.69, 9.17) is 0 Å². The second kappa shape index (κ2) is 5.34. The van der Waals surface area contributed by atoms with Crippen molar-refractivity contribution in [1.82, 2.24) is 0 Å². The average molecular weight is 156 g/mol. The van der Waals surface area contributed by atoms with E-state index in [0.717, 1.165) is 19.3 Å². The Hall–Kier alpha value is -0.330. The lowest BCUT2D eigenvalue weighted by Gasteiger charge is -2.16. The van der Waals surface area contributed by atoms with Crippen LogP contribution < -0.4 is 0 Å². The Morgan fingerprint density at radius 2 is 1.82 bits per heavy atom. The standard InChI is InChI=1S/C10H20O/c1-5-7-10(11)9(6-2)8(3)4/h8-9H,5-7H2,1-4H3. The number of carbonyl (C=O) groups is 1. The molecule has 0 N–H and O–H groups in total. The Kier molecular flexibility index (Phi) is 5.18. The maximum Gasteiger partial charge on any atom is 0.136 e. The van der Waals surface area contributed by atoms with Gasteiger partial charge >= 0.3 is 0 Å². The van der Waals surface area contributed by atoms with Crippen molar-refractivity contribution in [3.05, 3.63) is 0 Å². The zero-order chi connectivity index (χ0) is 8.85. The predicted molar refractivity (Wildman–Crippen MR) is 48.5 cm³/mol. The van der Waals surface area contributed by atoms with Crippen LogP contribution in [-0.2, 0) is 4.79 Å². The molecule has 0 aliphatic heterocycles. The average Bonchev–Trinajstić information content (AvgIpc) is 1.88. The van der Waals surface area contributed by atoms with Gasteiger partial charge in [0.2, 0.25) is 0 Å². The highest BCUT2D eigenvalue weighted by Gasteiger charge is 2.18. The largest absolute Gasteiger partial charge is 0.299 e. The summed E-state index contributed by atoms with van der Waals surface area (Å²) in [6.07, 6.45) is 2.75. The highest BCUT2D eigenvalue weighted by molar-refractivity contribution is 5.81. The molecule has 0 aromatic rings. The summed E-state index contributed by atoms with van der Waals surface area (Å²) in [6, 6.07) is 0. The van der Waals surface area contributed by atoms with E-state index >= 15 is 0 Å². The maximum atomic E-state index is 11.4. The van der Waals surface area contributed by atoms with E-state index < -0.39 is 0 Å². The summed E-state index contributed by atoms with van der Waals surface area (Å²) in [5, 5.41) is 0. The van der Waals surface area contributed by atoms with Crippen LogP contribution in [0.2, 0.25) is 0 Å². The number of rotatable bonds is 5. The normalized spacial score (nSPS) is 13.5. The third-order valence-electron chi connectivity index (χ3n) is 2.15. The van der Waals surface area contributed by atoms with Crippen LogP contribution in [0, 0.1) is 11.8 Å². The molecule has 0 aliphatic rings. The monoisotopic (exact) mass is 156 g/mol. The molecule has 0 radical (unpaired) electrons. The van der Waals surface area contributed by atoms with Gasteiger partial charge in [-0.05, 0) is 18.8 Å². The molecule has 0 amide bonds. The lowest BCUT2D eigenvalue weighted by atomic mass is 9.87. The van der Waals surface area contributed by atoms with Crippen molar-refractivity contribution in [2.75, 3.05) is 0 Å². The van der Waals surface area contributed by atoms with E-state index in [1.54, 1.807) is 0 Å². The van der Waals surface area contributed by atoms with Crippen molar-refractivity contribution >= 4 is 5.78 Å². The zero-order valence-electron chi connectivity index (χ0n) is 8.18. The van der Waals surface area contributed by atoms with Crippen molar-refractivity contribution < 1.29 is 4.79 Å².